The second-order valence-electron chi connectivity index (χ2n) is 5.56. The van der Waals surface area contributed by atoms with E-state index in [2.05, 4.69) is 37.1 Å². The molecule has 2 nitrogen and oxygen atoms in total. The SMILES string of the molecule is CC(C)(C)CCCCNCc1cccnc1. The first-order chi connectivity index (χ1) is 7.58. The predicted octanol–water partition coefficient (Wildman–Crippen LogP) is 3.39. The Labute approximate surface area is 99.5 Å². The fraction of sp³-hybridized carbons (Fsp3) is 0.643. The van der Waals surface area contributed by atoms with Gasteiger partial charge < -0.3 is 5.32 Å². The number of aromatic nitrogens is 1. The first kappa shape index (κ1) is 13.2. The molecule has 0 fully saturated rings. The van der Waals surface area contributed by atoms with E-state index in [4.69, 9.17) is 0 Å². The van der Waals surface area contributed by atoms with Gasteiger partial charge >= 0.3 is 0 Å². The monoisotopic (exact) mass is 220 g/mol. The molecule has 0 aromatic carbocycles. The van der Waals surface area contributed by atoms with Gasteiger partial charge in [0, 0.05) is 18.9 Å². The molecule has 16 heavy (non-hydrogen) atoms. The average Bonchev–Trinajstić information content (AvgIpc) is 2.23. The summed E-state index contributed by atoms with van der Waals surface area (Å²) in [4.78, 5) is 4.09. The summed E-state index contributed by atoms with van der Waals surface area (Å²) in [5, 5.41) is 3.45. The van der Waals surface area contributed by atoms with Crippen LogP contribution in [0.4, 0.5) is 0 Å². The van der Waals surface area contributed by atoms with Crippen LogP contribution in [0.15, 0.2) is 24.5 Å². The van der Waals surface area contributed by atoms with E-state index in [1.54, 1.807) is 0 Å². The summed E-state index contributed by atoms with van der Waals surface area (Å²) in [5.41, 5.74) is 1.74. The molecule has 1 N–H and O–H groups in total. The first-order valence-electron chi connectivity index (χ1n) is 6.17. The number of hydrogen-bond acceptors (Lipinski definition) is 2. The van der Waals surface area contributed by atoms with Crippen LogP contribution in [0, 0.1) is 5.41 Å². The minimum Gasteiger partial charge on any atom is -0.313 e. The molecule has 0 saturated heterocycles. The molecule has 1 rings (SSSR count). The normalized spacial score (nSPS) is 11.7. The van der Waals surface area contributed by atoms with Crippen molar-refractivity contribution in [2.24, 2.45) is 5.41 Å². The van der Waals surface area contributed by atoms with Crippen molar-refractivity contribution >= 4 is 0 Å². The highest BCUT2D eigenvalue weighted by atomic mass is 14.8. The molecule has 1 aromatic rings. The molecule has 0 amide bonds. The summed E-state index contributed by atoms with van der Waals surface area (Å²) in [6.45, 7) is 8.94. The van der Waals surface area contributed by atoms with Crippen LogP contribution >= 0.6 is 0 Å². The van der Waals surface area contributed by atoms with Crippen molar-refractivity contribution < 1.29 is 0 Å². The molecule has 0 spiro atoms. The second kappa shape index (κ2) is 6.64. The number of nitrogens with zero attached hydrogens (tertiary/aromatic N) is 1. The maximum absolute atomic E-state index is 4.09. The van der Waals surface area contributed by atoms with Gasteiger partial charge in [0.05, 0.1) is 0 Å². The lowest BCUT2D eigenvalue weighted by Crippen LogP contribution is -2.15. The molecule has 0 aliphatic heterocycles. The first-order valence-corrected chi connectivity index (χ1v) is 6.17. The molecule has 0 atom stereocenters. The van der Waals surface area contributed by atoms with Crippen molar-refractivity contribution in [1.29, 1.82) is 0 Å². The van der Waals surface area contributed by atoms with Crippen LogP contribution in [-0.4, -0.2) is 11.5 Å². The molecular weight excluding hydrogens is 196 g/mol. The summed E-state index contributed by atoms with van der Waals surface area (Å²) in [7, 11) is 0. The van der Waals surface area contributed by atoms with Gasteiger partial charge in [0.2, 0.25) is 0 Å². The lowest BCUT2D eigenvalue weighted by Gasteiger charge is -2.17. The fourth-order valence-electron chi connectivity index (χ4n) is 1.64. The third-order valence-corrected chi connectivity index (χ3v) is 2.58. The Bertz CT molecular complexity index is 275. The van der Waals surface area contributed by atoms with E-state index in [1.807, 2.05) is 18.5 Å². The van der Waals surface area contributed by atoms with E-state index in [0.29, 0.717) is 5.41 Å². The van der Waals surface area contributed by atoms with Gasteiger partial charge in [0.25, 0.3) is 0 Å². The summed E-state index contributed by atoms with van der Waals surface area (Å²) in [5.74, 6) is 0. The van der Waals surface area contributed by atoms with E-state index in [0.717, 1.165) is 13.1 Å². The minimum atomic E-state index is 0.476. The quantitative estimate of drug-likeness (QED) is 0.743. The zero-order valence-electron chi connectivity index (χ0n) is 10.8. The predicted molar refractivity (Wildman–Crippen MR) is 69.2 cm³/mol. The maximum atomic E-state index is 4.09. The van der Waals surface area contributed by atoms with Crippen LogP contribution in [0.5, 0.6) is 0 Å². The van der Waals surface area contributed by atoms with Gasteiger partial charge in [-0.2, -0.15) is 0 Å². The number of pyridine rings is 1. The summed E-state index contributed by atoms with van der Waals surface area (Å²) >= 11 is 0. The third kappa shape index (κ3) is 6.57. The number of rotatable bonds is 6. The Balaban J connectivity index is 2.01. The van der Waals surface area contributed by atoms with E-state index in [1.165, 1.54) is 24.8 Å². The van der Waals surface area contributed by atoms with Crippen LogP contribution in [0.1, 0.15) is 45.6 Å². The van der Waals surface area contributed by atoms with Crippen LogP contribution in [0.25, 0.3) is 0 Å². The number of nitrogens with one attached hydrogen (secondary N) is 1. The zero-order chi connectivity index (χ0) is 11.9. The van der Waals surface area contributed by atoms with Crippen molar-refractivity contribution in [3.63, 3.8) is 0 Å². The van der Waals surface area contributed by atoms with Gasteiger partial charge in [-0.15, -0.1) is 0 Å². The average molecular weight is 220 g/mol. The Morgan fingerprint density at radius 1 is 1.25 bits per heavy atom. The Hall–Kier alpha value is -0.890. The summed E-state index contributed by atoms with van der Waals surface area (Å²) in [6, 6.07) is 4.09. The number of hydrogen-bond donors (Lipinski definition) is 1. The van der Waals surface area contributed by atoms with E-state index >= 15 is 0 Å². The largest absolute Gasteiger partial charge is 0.313 e. The van der Waals surface area contributed by atoms with Gasteiger partial charge in [0.15, 0.2) is 0 Å². The highest BCUT2D eigenvalue weighted by Crippen LogP contribution is 2.21. The highest BCUT2D eigenvalue weighted by molar-refractivity contribution is 5.07. The Morgan fingerprint density at radius 2 is 2.06 bits per heavy atom. The molecule has 0 bridgehead atoms. The molecule has 0 saturated carbocycles. The summed E-state index contributed by atoms with van der Waals surface area (Å²) < 4.78 is 0. The van der Waals surface area contributed by atoms with Crippen molar-refractivity contribution in [1.82, 2.24) is 10.3 Å². The van der Waals surface area contributed by atoms with Crippen LogP contribution in [0.2, 0.25) is 0 Å². The van der Waals surface area contributed by atoms with Gasteiger partial charge in [-0.05, 0) is 36.4 Å². The molecule has 0 unspecified atom stereocenters. The lowest BCUT2D eigenvalue weighted by molar-refractivity contribution is 0.358. The van der Waals surface area contributed by atoms with Crippen molar-refractivity contribution in [3.8, 4) is 0 Å². The highest BCUT2D eigenvalue weighted by Gasteiger charge is 2.08. The van der Waals surface area contributed by atoms with E-state index < -0.39 is 0 Å². The van der Waals surface area contributed by atoms with Crippen LogP contribution in [0.3, 0.4) is 0 Å². The smallest absolute Gasteiger partial charge is 0.0312 e. The lowest BCUT2D eigenvalue weighted by atomic mass is 9.90. The minimum absolute atomic E-state index is 0.476. The Morgan fingerprint density at radius 3 is 2.69 bits per heavy atom. The number of unbranched alkanes of at least 4 members (excludes halogenated alkanes) is 1. The van der Waals surface area contributed by atoms with Crippen LogP contribution in [-0.2, 0) is 6.54 Å². The molecule has 1 heterocycles. The maximum Gasteiger partial charge on any atom is 0.0312 e. The molecule has 1 aromatic heterocycles. The molecule has 2 heteroatoms. The fourth-order valence-corrected chi connectivity index (χ4v) is 1.64. The van der Waals surface area contributed by atoms with Gasteiger partial charge in [-0.25, -0.2) is 0 Å². The molecule has 0 aliphatic carbocycles. The van der Waals surface area contributed by atoms with Crippen molar-refractivity contribution in [2.75, 3.05) is 6.54 Å². The topological polar surface area (TPSA) is 24.9 Å². The molecule has 0 aliphatic rings. The summed E-state index contributed by atoms with van der Waals surface area (Å²) in [6.07, 6.45) is 7.61. The second-order valence-corrected chi connectivity index (χ2v) is 5.56. The molecule has 0 radical (unpaired) electrons. The zero-order valence-corrected chi connectivity index (χ0v) is 10.8. The van der Waals surface area contributed by atoms with Crippen LogP contribution < -0.4 is 5.32 Å². The van der Waals surface area contributed by atoms with Gasteiger partial charge in [-0.1, -0.05) is 33.3 Å². The van der Waals surface area contributed by atoms with Crippen molar-refractivity contribution in [3.05, 3.63) is 30.1 Å². The Kier molecular flexibility index (Phi) is 5.47. The molecule has 90 valence electrons. The third-order valence-electron chi connectivity index (χ3n) is 2.58. The molecular formula is C14H24N2. The van der Waals surface area contributed by atoms with E-state index in [-0.39, 0.29) is 0 Å². The van der Waals surface area contributed by atoms with Gasteiger partial charge in [-0.3, -0.25) is 4.98 Å². The van der Waals surface area contributed by atoms with Gasteiger partial charge in [0.1, 0.15) is 0 Å². The van der Waals surface area contributed by atoms with E-state index in [9.17, 15) is 0 Å². The van der Waals surface area contributed by atoms with Crippen molar-refractivity contribution in [2.45, 2.75) is 46.6 Å². The standard InChI is InChI=1S/C14H24N2/c1-14(2,3)8-4-5-9-15-11-13-7-6-10-16-12-13/h6-7,10,12,15H,4-5,8-9,11H2,1-3H3.